The number of methoxy groups -OCH3 is 1. The molecule has 7 heteroatoms. The molecule has 1 aliphatic carbocycles. The number of fused-ring (bicyclic) bond motifs is 2. The maximum atomic E-state index is 14.8. The number of carbonyl (C=O) groups is 3. The molecule has 0 radical (unpaired) electrons. The van der Waals surface area contributed by atoms with Crippen LogP contribution in [0.1, 0.15) is 44.1 Å². The number of likely N-dealkylation sites (tertiary alicyclic amines) is 2. The van der Waals surface area contributed by atoms with Crippen LogP contribution in [0.5, 0.6) is 0 Å². The zero-order valence-corrected chi connectivity index (χ0v) is 16.7. The lowest BCUT2D eigenvalue weighted by molar-refractivity contribution is -0.143. The average Bonchev–Trinajstić information content (AvgIpc) is 3.13. The Morgan fingerprint density at radius 1 is 1.28 bits per heavy atom. The highest BCUT2D eigenvalue weighted by Crippen LogP contribution is 2.43. The molecular formula is C22H27FN2O4. The zero-order chi connectivity index (χ0) is 20.6. The molecule has 2 heterocycles. The van der Waals surface area contributed by atoms with Crippen molar-refractivity contribution in [2.75, 3.05) is 26.8 Å². The molecule has 0 aromatic heterocycles. The molecule has 4 rings (SSSR count). The van der Waals surface area contributed by atoms with Gasteiger partial charge in [-0.2, -0.15) is 0 Å². The fraction of sp³-hybridized carbons (Fsp3) is 0.591. The molecule has 0 unspecified atom stereocenters. The third-order valence-electron chi connectivity index (χ3n) is 6.74. The molecule has 2 saturated heterocycles. The lowest BCUT2D eigenvalue weighted by Crippen LogP contribution is -2.45. The Balaban J connectivity index is 1.67. The molecule has 3 fully saturated rings. The summed E-state index contributed by atoms with van der Waals surface area (Å²) in [7, 11) is 1.49. The quantitative estimate of drug-likeness (QED) is 0.685. The first-order valence-electron chi connectivity index (χ1n) is 10.3. The van der Waals surface area contributed by atoms with E-state index in [1.54, 1.807) is 12.1 Å². The fourth-order valence-electron chi connectivity index (χ4n) is 5.31. The summed E-state index contributed by atoms with van der Waals surface area (Å²) in [6, 6.07) is 6.19. The van der Waals surface area contributed by atoms with E-state index in [0.29, 0.717) is 12.5 Å². The first-order chi connectivity index (χ1) is 14.0. The van der Waals surface area contributed by atoms with Gasteiger partial charge in [-0.05, 0) is 31.2 Å². The largest absolute Gasteiger partial charge is 0.383 e. The molecule has 2 aliphatic heterocycles. The van der Waals surface area contributed by atoms with Crippen molar-refractivity contribution in [3.8, 4) is 0 Å². The molecule has 29 heavy (non-hydrogen) atoms. The van der Waals surface area contributed by atoms with Gasteiger partial charge in [0.1, 0.15) is 5.82 Å². The van der Waals surface area contributed by atoms with E-state index in [9.17, 15) is 18.8 Å². The Morgan fingerprint density at radius 2 is 2.07 bits per heavy atom. The third kappa shape index (κ3) is 3.45. The molecule has 0 spiro atoms. The maximum Gasteiger partial charge on any atom is 0.241 e. The Kier molecular flexibility index (Phi) is 5.42. The summed E-state index contributed by atoms with van der Waals surface area (Å²) in [6.45, 7) is 1.01. The topological polar surface area (TPSA) is 66.9 Å². The van der Waals surface area contributed by atoms with Crippen LogP contribution < -0.4 is 0 Å². The van der Waals surface area contributed by atoms with Gasteiger partial charge in [-0.1, -0.05) is 24.6 Å². The van der Waals surface area contributed by atoms with Crippen LogP contribution in [-0.2, 0) is 24.5 Å². The average molecular weight is 402 g/mol. The van der Waals surface area contributed by atoms with Crippen LogP contribution in [0, 0.1) is 11.7 Å². The second kappa shape index (κ2) is 7.86. The van der Waals surface area contributed by atoms with Crippen molar-refractivity contribution in [3.05, 3.63) is 35.6 Å². The van der Waals surface area contributed by atoms with Crippen LogP contribution in [0.4, 0.5) is 4.39 Å². The van der Waals surface area contributed by atoms with E-state index in [1.165, 1.54) is 19.2 Å². The molecule has 3 atom stereocenters. The SMILES string of the molecule is COCCN1C(=O)C[C@](CC(=O)N2C[C@H]3CCC[C@H]2C3)(c2ccccc2F)C1=O. The van der Waals surface area contributed by atoms with Gasteiger partial charge in [0, 0.05) is 38.1 Å². The van der Waals surface area contributed by atoms with Crippen molar-refractivity contribution in [1.29, 1.82) is 0 Å². The summed E-state index contributed by atoms with van der Waals surface area (Å²) < 4.78 is 19.8. The van der Waals surface area contributed by atoms with Crippen molar-refractivity contribution in [2.24, 2.45) is 5.92 Å². The number of ether oxygens (including phenoxy) is 1. The highest BCUT2D eigenvalue weighted by atomic mass is 19.1. The van der Waals surface area contributed by atoms with Crippen molar-refractivity contribution in [3.63, 3.8) is 0 Å². The highest BCUT2D eigenvalue weighted by Gasteiger charge is 2.55. The van der Waals surface area contributed by atoms with Crippen LogP contribution in [0.25, 0.3) is 0 Å². The number of hydrogen-bond acceptors (Lipinski definition) is 4. The van der Waals surface area contributed by atoms with Gasteiger partial charge in [0.25, 0.3) is 0 Å². The Morgan fingerprint density at radius 3 is 2.79 bits per heavy atom. The number of carbonyl (C=O) groups excluding carboxylic acids is 3. The molecule has 1 saturated carbocycles. The van der Waals surface area contributed by atoms with Crippen molar-refractivity contribution >= 4 is 17.7 Å². The van der Waals surface area contributed by atoms with Gasteiger partial charge in [0.05, 0.1) is 18.6 Å². The molecule has 6 nitrogen and oxygen atoms in total. The van der Waals surface area contributed by atoms with E-state index in [1.807, 2.05) is 4.90 Å². The van der Waals surface area contributed by atoms with Crippen LogP contribution in [0.3, 0.4) is 0 Å². The Hall–Kier alpha value is -2.28. The van der Waals surface area contributed by atoms with Crippen molar-refractivity contribution in [2.45, 2.75) is 50.0 Å². The van der Waals surface area contributed by atoms with Crippen LogP contribution in [0.15, 0.2) is 24.3 Å². The number of imide groups is 1. The first-order valence-corrected chi connectivity index (χ1v) is 10.3. The van der Waals surface area contributed by atoms with Crippen LogP contribution >= 0.6 is 0 Å². The summed E-state index contributed by atoms with van der Waals surface area (Å²) >= 11 is 0. The Bertz CT molecular complexity index is 829. The van der Waals surface area contributed by atoms with E-state index in [-0.39, 0.29) is 49.4 Å². The first kappa shape index (κ1) is 20.0. The monoisotopic (exact) mass is 402 g/mol. The van der Waals surface area contributed by atoms with E-state index in [4.69, 9.17) is 4.74 Å². The molecular weight excluding hydrogens is 375 g/mol. The van der Waals surface area contributed by atoms with Crippen LogP contribution in [-0.4, -0.2) is 60.4 Å². The Labute approximate surface area is 170 Å². The van der Waals surface area contributed by atoms with Gasteiger partial charge in [0.2, 0.25) is 17.7 Å². The lowest BCUT2D eigenvalue weighted by Gasteiger charge is -2.31. The van der Waals surface area contributed by atoms with Gasteiger partial charge in [-0.15, -0.1) is 0 Å². The minimum Gasteiger partial charge on any atom is -0.383 e. The van der Waals surface area contributed by atoms with E-state index >= 15 is 0 Å². The van der Waals surface area contributed by atoms with E-state index in [2.05, 4.69) is 0 Å². The molecule has 3 aliphatic rings. The van der Waals surface area contributed by atoms with Crippen LogP contribution in [0.2, 0.25) is 0 Å². The summed E-state index contributed by atoms with van der Waals surface area (Å²) in [4.78, 5) is 42.4. The molecule has 0 N–H and O–H groups in total. The van der Waals surface area contributed by atoms with Gasteiger partial charge in [0.15, 0.2) is 0 Å². The zero-order valence-electron chi connectivity index (χ0n) is 16.7. The standard InChI is InChI=1S/C22H27FN2O4/c1-29-10-9-24-19(26)12-22(21(24)28,17-7-2-3-8-18(17)23)13-20(27)25-14-15-5-4-6-16(25)11-15/h2-3,7-8,15-16H,4-6,9-14H2,1H3/t15-,16-,22-/m0/s1. The predicted octanol–water partition coefficient (Wildman–Crippen LogP) is 2.26. The lowest BCUT2D eigenvalue weighted by atomic mass is 9.75. The van der Waals surface area contributed by atoms with Gasteiger partial charge < -0.3 is 9.64 Å². The molecule has 2 bridgehead atoms. The summed E-state index contributed by atoms with van der Waals surface area (Å²) in [5.74, 6) is -1.09. The smallest absolute Gasteiger partial charge is 0.241 e. The number of hydrogen-bond donors (Lipinski definition) is 0. The van der Waals surface area contributed by atoms with Crippen molar-refractivity contribution in [1.82, 2.24) is 9.80 Å². The summed E-state index contributed by atoms with van der Waals surface area (Å²) in [6.07, 6.45) is 3.85. The van der Waals surface area contributed by atoms with Gasteiger partial charge >= 0.3 is 0 Å². The number of nitrogens with zero attached hydrogens (tertiary/aromatic N) is 2. The maximum absolute atomic E-state index is 14.8. The fourth-order valence-corrected chi connectivity index (χ4v) is 5.31. The van der Waals surface area contributed by atoms with E-state index < -0.39 is 17.1 Å². The van der Waals surface area contributed by atoms with Gasteiger partial charge in [-0.25, -0.2) is 4.39 Å². The minimum atomic E-state index is -1.48. The summed E-state index contributed by atoms with van der Waals surface area (Å²) in [5.41, 5.74) is -1.35. The number of benzene rings is 1. The molecule has 156 valence electrons. The predicted molar refractivity (Wildman–Crippen MR) is 103 cm³/mol. The normalized spacial score (nSPS) is 29.0. The minimum absolute atomic E-state index is 0.104. The molecule has 3 amide bonds. The molecule has 1 aromatic rings. The third-order valence-corrected chi connectivity index (χ3v) is 6.74. The summed E-state index contributed by atoms with van der Waals surface area (Å²) in [5, 5.41) is 0. The highest BCUT2D eigenvalue weighted by molar-refractivity contribution is 6.10. The van der Waals surface area contributed by atoms with E-state index in [0.717, 1.165) is 30.6 Å². The van der Waals surface area contributed by atoms with Crippen molar-refractivity contribution < 1.29 is 23.5 Å². The number of amides is 3. The second-order valence-corrected chi connectivity index (χ2v) is 8.49. The second-order valence-electron chi connectivity index (χ2n) is 8.49. The number of rotatable bonds is 6. The van der Waals surface area contributed by atoms with Gasteiger partial charge in [-0.3, -0.25) is 19.3 Å². The molecule has 1 aromatic carbocycles. The number of halogens is 1.